The van der Waals surface area contributed by atoms with Gasteiger partial charge >= 0.3 is 0 Å². The number of aromatic nitrogens is 2. The van der Waals surface area contributed by atoms with Gasteiger partial charge in [-0.15, -0.1) is 0 Å². The van der Waals surface area contributed by atoms with Crippen LogP contribution in [0.1, 0.15) is 64.7 Å². The number of ether oxygens (including phenoxy) is 2. The van der Waals surface area contributed by atoms with Gasteiger partial charge in [0, 0.05) is 31.1 Å². The lowest BCUT2D eigenvalue weighted by atomic mass is 9.93. The Kier molecular flexibility index (Phi) is 6.08. The molecule has 1 atom stereocenters. The lowest BCUT2D eigenvalue weighted by molar-refractivity contribution is 0.0834. The molecule has 1 amide bonds. The Bertz CT molecular complexity index is 799. The number of primary amides is 1. The first-order valence-corrected chi connectivity index (χ1v) is 9.08. The molecular weight excluding hydrogens is 350 g/mol. The first kappa shape index (κ1) is 19.3. The van der Waals surface area contributed by atoms with Crippen LogP contribution < -0.4 is 10.5 Å². The van der Waals surface area contributed by atoms with Crippen molar-refractivity contribution in [2.75, 3.05) is 19.8 Å². The number of aryl methyl sites for hydroxylation is 1. The number of aliphatic hydroxyl groups excluding tert-OH is 1. The van der Waals surface area contributed by atoms with Gasteiger partial charge in [-0.05, 0) is 25.8 Å². The minimum Gasteiger partial charge on any atom is -0.473 e. The quantitative estimate of drug-likeness (QED) is 0.759. The predicted molar refractivity (Wildman–Crippen MR) is 96.6 cm³/mol. The van der Waals surface area contributed by atoms with Crippen LogP contribution in [0, 0.1) is 6.92 Å². The van der Waals surface area contributed by atoms with Crippen LogP contribution in [0.25, 0.3) is 0 Å². The molecular formula is C19H25N3O5. The Hall–Kier alpha value is -2.45. The van der Waals surface area contributed by atoms with Crippen molar-refractivity contribution in [2.45, 2.75) is 45.1 Å². The van der Waals surface area contributed by atoms with Crippen molar-refractivity contribution in [2.24, 2.45) is 5.73 Å². The maximum absolute atomic E-state index is 11.6. The number of hydrogen-bond donors (Lipinski definition) is 2. The fourth-order valence-corrected chi connectivity index (χ4v) is 3.23. The maximum atomic E-state index is 11.6. The third-order valence-electron chi connectivity index (χ3n) is 4.89. The zero-order valence-electron chi connectivity index (χ0n) is 15.6. The monoisotopic (exact) mass is 375 g/mol. The smallest absolute Gasteiger partial charge is 0.250 e. The summed E-state index contributed by atoms with van der Waals surface area (Å²) in [5, 5.41) is 13.6. The van der Waals surface area contributed by atoms with Crippen molar-refractivity contribution in [1.82, 2.24) is 10.1 Å². The van der Waals surface area contributed by atoms with Gasteiger partial charge in [0.2, 0.25) is 5.88 Å². The molecule has 8 nitrogen and oxygen atoms in total. The van der Waals surface area contributed by atoms with Crippen LogP contribution >= 0.6 is 0 Å². The van der Waals surface area contributed by atoms with Gasteiger partial charge in [0.05, 0.1) is 29.1 Å². The van der Waals surface area contributed by atoms with E-state index >= 15 is 0 Å². The Labute approximate surface area is 157 Å². The maximum Gasteiger partial charge on any atom is 0.250 e. The Morgan fingerprint density at radius 2 is 2.15 bits per heavy atom. The third kappa shape index (κ3) is 4.28. The number of rotatable bonds is 7. The second-order valence-electron chi connectivity index (χ2n) is 6.81. The predicted octanol–water partition coefficient (Wildman–Crippen LogP) is 2.05. The number of carbonyl (C=O) groups is 1. The van der Waals surface area contributed by atoms with Crippen LogP contribution in [0.3, 0.4) is 0 Å². The topological polar surface area (TPSA) is 121 Å². The second kappa shape index (κ2) is 8.49. The first-order chi connectivity index (χ1) is 13.0. The Morgan fingerprint density at radius 1 is 1.41 bits per heavy atom. The number of nitrogens with zero attached hydrogens (tertiary/aromatic N) is 2. The van der Waals surface area contributed by atoms with Gasteiger partial charge in [0.1, 0.15) is 12.4 Å². The van der Waals surface area contributed by atoms with Gasteiger partial charge in [-0.2, -0.15) is 0 Å². The molecule has 0 aromatic carbocycles. The van der Waals surface area contributed by atoms with Crippen molar-refractivity contribution in [3.05, 3.63) is 40.4 Å². The summed E-state index contributed by atoms with van der Waals surface area (Å²) in [5.74, 6) is 0.459. The van der Waals surface area contributed by atoms with Crippen molar-refractivity contribution in [3.63, 3.8) is 0 Å². The minimum absolute atomic E-state index is 0.143. The highest BCUT2D eigenvalue weighted by Gasteiger charge is 2.25. The number of hydrogen-bond acceptors (Lipinski definition) is 7. The summed E-state index contributed by atoms with van der Waals surface area (Å²) in [7, 11) is 0. The first-order valence-electron chi connectivity index (χ1n) is 9.08. The molecule has 1 saturated heterocycles. The van der Waals surface area contributed by atoms with Crippen molar-refractivity contribution in [1.29, 1.82) is 0 Å². The average Bonchev–Trinajstić information content (AvgIpc) is 3.06. The molecule has 27 heavy (non-hydrogen) atoms. The summed E-state index contributed by atoms with van der Waals surface area (Å²) in [6.07, 6.45) is 1.81. The third-order valence-corrected chi connectivity index (χ3v) is 4.89. The number of nitrogens with two attached hydrogens (primary N) is 1. The van der Waals surface area contributed by atoms with Gasteiger partial charge < -0.3 is 24.8 Å². The normalized spacial score (nSPS) is 16.3. The summed E-state index contributed by atoms with van der Waals surface area (Å²) in [6, 6.07) is 3.18. The van der Waals surface area contributed by atoms with E-state index in [2.05, 4.69) is 10.1 Å². The lowest BCUT2D eigenvalue weighted by Crippen LogP contribution is -2.18. The second-order valence-corrected chi connectivity index (χ2v) is 6.81. The van der Waals surface area contributed by atoms with Crippen molar-refractivity contribution in [3.8, 4) is 5.88 Å². The van der Waals surface area contributed by atoms with E-state index in [1.165, 1.54) is 0 Å². The van der Waals surface area contributed by atoms with Crippen molar-refractivity contribution >= 4 is 5.91 Å². The summed E-state index contributed by atoms with van der Waals surface area (Å²) >= 11 is 0. The molecule has 0 unspecified atom stereocenters. The number of aliphatic hydroxyl groups is 1. The molecule has 3 rings (SSSR count). The van der Waals surface area contributed by atoms with Crippen LogP contribution in [0.5, 0.6) is 5.88 Å². The van der Waals surface area contributed by atoms with Crippen LogP contribution in [0.15, 0.2) is 16.7 Å². The number of pyridine rings is 1. The SMILES string of the molecule is Cc1onc(C2CCOCC2)c1COc1ccc(C(N)=O)c([C@H](C)CO)n1. The lowest BCUT2D eigenvalue weighted by Gasteiger charge is -2.21. The Balaban J connectivity index is 1.79. The molecule has 3 N–H and O–H groups in total. The van der Waals surface area contributed by atoms with Gasteiger partial charge in [0.15, 0.2) is 0 Å². The molecule has 2 aromatic heterocycles. The van der Waals surface area contributed by atoms with Crippen molar-refractivity contribution < 1.29 is 23.9 Å². The van der Waals surface area contributed by atoms with Gasteiger partial charge in [-0.25, -0.2) is 4.98 Å². The molecule has 0 saturated carbocycles. The highest BCUT2D eigenvalue weighted by Crippen LogP contribution is 2.31. The van der Waals surface area contributed by atoms with E-state index in [9.17, 15) is 9.90 Å². The number of amides is 1. The summed E-state index contributed by atoms with van der Waals surface area (Å²) in [4.78, 5) is 16.0. The van der Waals surface area contributed by atoms with E-state index < -0.39 is 5.91 Å². The van der Waals surface area contributed by atoms with E-state index in [-0.39, 0.29) is 24.7 Å². The van der Waals surface area contributed by atoms with Gasteiger partial charge in [0.25, 0.3) is 5.91 Å². The average molecular weight is 375 g/mol. The molecule has 1 aliphatic heterocycles. The van der Waals surface area contributed by atoms with E-state index in [1.807, 2.05) is 6.92 Å². The zero-order valence-corrected chi connectivity index (χ0v) is 15.6. The molecule has 0 aliphatic carbocycles. The summed E-state index contributed by atoms with van der Waals surface area (Å²) in [6.45, 7) is 5.18. The van der Waals surface area contributed by atoms with E-state index in [0.29, 0.717) is 23.3 Å². The van der Waals surface area contributed by atoms with Crippen LogP contribution in [-0.2, 0) is 11.3 Å². The highest BCUT2D eigenvalue weighted by atomic mass is 16.5. The van der Waals surface area contributed by atoms with Crippen LogP contribution in [0.2, 0.25) is 0 Å². The molecule has 0 bridgehead atoms. The van der Waals surface area contributed by atoms with Crippen LogP contribution in [0.4, 0.5) is 0 Å². The molecule has 1 aliphatic rings. The zero-order chi connectivity index (χ0) is 19.4. The van der Waals surface area contributed by atoms with Gasteiger partial charge in [-0.3, -0.25) is 4.79 Å². The van der Waals surface area contributed by atoms with Crippen LogP contribution in [-0.4, -0.2) is 41.0 Å². The molecule has 146 valence electrons. The minimum atomic E-state index is -0.582. The standard InChI is InChI=1S/C19H25N3O5/c1-11(9-23)17-14(19(20)24)3-4-16(21-17)26-10-15-12(2)27-22-18(15)13-5-7-25-8-6-13/h3-4,11,13,23H,5-10H2,1-2H3,(H2,20,24)/t11-/m1/s1. The van der Waals surface area contributed by atoms with Gasteiger partial charge in [-0.1, -0.05) is 12.1 Å². The summed E-state index contributed by atoms with van der Waals surface area (Å²) < 4.78 is 16.7. The largest absolute Gasteiger partial charge is 0.473 e. The molecule has 8 heteroatoms. The Morgan fingerprint density at radius 3 is 2.81 bits per heavy atom. The van der Waals surface area contributed by atoms with E-state index in [0.717, 1.165) is 37.3 Å². The fraction of sp³-hybridized carbons (Fsp3) is 0.526. The fourth-order valence-electron chi connectivity index (χ4n) is 3.23. The van der Waals surface area contributed by atoms with E-state index in [4.69, 9.17) is 19.7 Å². The molecule has 2 aromatic rings. The molecule has 1 fully saturated rings. The molecule has 0 radical (unpaired) electrons. The number of carbonyl (C=O) groups excluding carboxylic acids is 1. The highest BCUT2D eigenvalue weighted by molar-refractivity contribution is 5.94. The molecule has 3 heterocycles. The van der Waals surface area contributed by atoms with E-state index in [1.54, 1.807) is 19.1 Å². The molecule has 0 spiro atoms. The summed E-state index contributed by atoms with van der Waals surface area (Å²) in [5.41, 5.74) is 7.94.